The number of benzene rings is 1. The van der Waals surface area contributed by atoms with Gasteiger partial charge >= 0.3 is 0 Å². The van der Waals surface area contributed by atoms with Crippen molar-refractivity contribution < 1.29 is 4.89 Å². The molecule has 1 aliphatic heterocycles. The van der Waals surface area contributed by atoms with Crippen LogP contribution in [-0.4, -0.2) is 17.2 Å². The molecule has 0 saturated carbocycles. The van der Waals surface area contributed by atoms with E-state index in [2.05, 4.69) is 17.0 Å². The standard InChI is InChI=1S/C11H12NOP/c13-14-8-6-12(7-9-14)10-11-4-2-1-3-5-11/h1-6,8-9H,7,10H2. The van der Waals surface area contributed by atoms with E-state index in [9.17, 15) is 4.89 Å². The molecule has 3 heteroatoms. The second kappa shape index (κ2) is 4.41. The molecule has 1 aromatic rings. The highest BCUT2D eigenvalue weighted by Gasteiger charge is 2.06. The van der Waals surface area contributed by atoms with Crippen LogP contribution in [0.1, 0.15) is 5.56 Å². The van der Waals surface area contributed by atoms with Crippen molar-refractivity contribution in [3.63, 3.8) is 0 Å². The summed E-state index contributed by atoms with van der Waals surface area (Å²) in [5.41, 5.74) is 1.28. The van der Waals surface area contributed by atoms with Crippen molar-refractivity contribution >= 4 is 13.6 Å². The van der Waals surface area contributed by atoms with Crippen LogP contribution in [0.3, 0.4) is 0 Å². The minimum atomic E-state index is -1.19. The average Bonchev–Trinajstić information content (AvgIpc) is 2.23. The Morgan fingerprint density at radius 1 is 1.29 bits per heavy atom. The van der Waals surface area contributed by atoms with Crippen LogP contribution in [0.25, 0.3) is 0 Å². The van der Waals surface area contributed by atoms with Gasteiger partial charge in [-0.05, 0) is 5.56 Å². The van der Waals surface area contributed by atoms with Gasteiger partial charge in [0.25, 0.3) is 0 Å². The lowest BCUT2D eigenvalue weighted by Gasteiger charge is -2.19. The topological polar surface area (TPSA) is 26.3 Å². The van der Waals surface area contributed by atoms with Gasteiger partial charge in [-0.2, -0.15) is 0 Å². The number of rotatable bonds is 2. The van der Waals surface area contributed by atoms with Crippen LogP contribution in [0.15, 0.2) is 42.3 Å². The third-order valence-corrected chi connectivity index (χ3v) is 3.10. The molecule has 1 aromatic carbocycles. The third kappa shape index (κ3) is 2.44. The Morgan fingerprint density at radius 2 is 2.07 bits per heavy atom. The lowest BCUT2D eigenvalue weighted by atomic mass is 10.2. The van der Waals surface area contributed by atoms with Gasteiger partial charge in [0.2, 0.25) is 0 Å². The van der Waals surface area contributed by atoms with E-state index in [1.165, 1.54) is 5.56 Å². The molecule has 0 aromatic heterocycles. The minimum Gasteiger partial charge on any atom is -0.626 e. The van der Waals surface area contributed by atoms with Crippen molar-refractivity contribution in [3.8, 4) is 0 Å². The molecule has 0 aliphatic carbocycles. The van der Waals surface area contributed by atoms with Gasteiger partial charge in [-0.15, -0.1) is 0 Å². The van der Waals surface area contributed by atoms with Crippen molar-refractivity contribution in [1.29, 1.82) is 0 Å². The Kier molecular flexibility index (Phi) is 2.97. The zero-order valence-electron chi connectivity index (χ0n) is 7.84. The van der Waals surface area contributed by atoms with Crippen molar-refractivity contribution in [3.05, 3.63) is 47.9 Å². The molecule has 0 radical (unpaired) electrons. The number of hydrogen-bond acceptors (Lipinski definition) is 2. The van der Waals surface area contributed by atoms with Gasteiger partial charge in [0.1, 0.15) is 11.6 Å². The van der Waals surface area contributed by atoms with Crippen LogP contribution in [0.5, 0.6) is 0 Å². The molecular formula is C11H12NOP. The van der Waals surface area contributed by atoms with Gasteiger partial charge < -0.3 is 9.79 Å². The minimum absolute atomic E-state index is 0.778. The smallest absolute Gasteiger partial charge is 0.125 e. The fourth-order valence-corrected chi connectivity index (χ4v) is 2.21. The lowest BCUT2D eigenvalue weighted by Crippen LogP contribution is -2.21. The van der Waals surface area contributed by atoms with Gasteiger partial charge in [-0.3, -0.25) is 0 Å². The van der Waals surface area contributed by atoms with Crippen LogP contribution in [0.4, 0.5) is 0 Å². The van der Waals surface area contributed by atoms with Crippen LogP contribution in [-0.2, 0) is 6.54 Å². The maximum atomic E-state index is 11.0. The van der Waals surface area contributed by atoms with Crippen LogP contribution < -0.4 is 4.89 Å². The molecule has 0 bridgehead atoms. The fourth-order valence-electron chi connectivity index (χ4n) is 1.40. The predicted octanol–water partition coefficient (Wildman–Crippen LogP) is 1.53. The Bertz CT molecular complexity index is 359. The Hall–Kier alpha value is -1.11. The van der Waals surface area contributed by atoms with Crippen molar-refractivity contribution in [2.24, 2.45) is 0 Å². The molecule has 1 aliphatic rings. The molecule has 1 atom stereocenters. The molecule has 2 rings (SSSR count). The number of hydrogen-bond donors (Lipinski definition) is 0. The van der Waals surface area contributed by atoms with Gasteiger partial charge in [0, 0.05) is 12.7 Å². The summed E-state index contributed by atoms with van der Waals surface area (Å²) in [7, 11) is -1.19. The molecule has 72 valence electrons. The van der Waals surface area contributed by atoms with Crippen molar-refractivity contribution in [2.75, 3.05) is 6.54 Å². The maximum absolute atomic E-state index is 11.0. The summed E-state index contributed by atoms with van der Waals surface area (Å²) >= 11 is 0. The van der Waals surface area contributed by atoms with E-state index in [4.69, 9.17) is 0 Å². The van der Waals surface area contributed by atoms with E-state index >= 15 is 0 Å². The molecule has 0 fully saturated rings. The molecule has 1 heterocycles. The lowest BCUT2D eigenvalue weighted by molar-refractivity contribution is -0.150. The summed E-state index contributed by atoms with van der Waals surface area (Å²) in [6.45, 7) is 1.66. The number of nitrogens with zero attached hydrogens (tertiary/aromatic N) is 1. The Labute approximate surface area is 85.0 Å². The first-order valence-corrected chi connectivity index (χ1v) is 5.99. The van der Waals surface area contributed by atoms with Crippen molar-refractivity contribution in [1.82, 2.24) is 4.90 Å². The molecule has 0 amide bonds. The summed E-state index contributed by atoms with van der Waals surface area (Å²) in [6, 6.07) is 10.3. The van der Waals surface area contributed by atoms with Gasteiger partial charge in [-0.25, -0.2) is 0 Å². The molecule has 14 heavy (non-hydrogen) atoms. The summed E-state index contributed by atoms with van der Waals surface area (Å²) in [5, 5.41) is 0. The average molecular weight is 205 g/mol. The monoisotopic (exact) mass is 205 g/mol. The zero-order valence-corrected chi connectivity index (χ0v) is 8.73. The first-order valence-electron chi connectivity index (χ1n) is 4.60. The van der Waals surface area contributed by atoms with E-state index in [1.807, 2.05) is 30.2 Å². The summed E-state index contributed by atoms with van der Waals surface area (Å²) in [6.07, 6.45) is 1.92. The zero-order chi connectivity index (χ0) is 9.80. The quantitative estimate of drug-likeness (QED) is 0.684. The highest BCUT2D eigenvalue weighted by Crippen LogP contribution is 2.17. The normalized spacial score (nSPS) is 18.1. The molecule has 2 nitrogen and oxygen atoms in total. The molecule has 0 saturated heterocycles. The first-order chi connectivity index (χ1) is 6.84. The molecule has 0 spiro atoms. The van der Waals surface area contributed by atoms with Gasteiger partial charge in [0.15, 0.2) is 0 Å². The van der Waals surface area contributed by atoms with Crippen LogP contribution >= 0.6 is 7.77 Å². The van der Waals surface area contributed by atoms with Crippen LogP contribution in [0.2, 0.25) is 0 Å². The highest BCUT2D eigenvalue weighted by molar-refractivity contribution is 7.53. The molecular weight excluding hydrogens is 193 g/mol. The second-order valence-corrected chi connectivity index (χ2v) is 4.64. The third-order valence-electron chi connectivity index (χ3n) is 2.15. The largest absolute Gasteiger partial charge is 0.626 e. The van der Waals surface area contributed by atoms with Crippen molar-refractivity contribution in [2.45, 2.75) is 6.54 Å². The maximum Gasteiger partial charge on any atom is 0.125 e. The Morgan fingerprint density at radius 3 is 2.71 bits per heavy atom. The molecule has 1 unspecified atom stereocenters. The predicted molar refractivity (Wildman–Crippen MR) is 59.0 cm³/mol. The van der Waals surface area contributed by atoms with Gasteiger partial charge in [0.05, 0.1) is 14.3 Å². The van der Waals surface area contributed by atoms with Crippen LogP contribution in [0, 0.1) is 0 Å². The SMILES string of the molecule is [O-][P+]1=CCN(Cc2ccccc2)C=C1. The second-order valence-electron chi connectivity index (χ2n) is 3.26. The molecule has 0 N–H and O–H groups in total. The summed E-state index contributed by atoms with van der Waals surface area (Å²) in [5.74, 6) is 3.60. The summed E-state index contributed by atoms with van der Waals surface area (Å²) < 4.78 is 0. The first kappa shape index (κ1) is 9.45. The van der Waals surface area contributed by atoms with E-state index in [0.717, 1.165) is 13.1 Å². The highest BCUT2D eigenvalue weighted by atomic mass is 31.1. The van der Waals surface area contributed by atoms with E-state index in [0.29, 0.717) is 0 Å². The van der Waals surface area contributed by atoms with Gasteiger partial charge in [-0.1, -0.05) is 30.3 Å². The summed E-state index contributed by atoms with van der Waals surface area (Å²) in [4.78, 5) is 13.2. The Balaban J connectivity index is 1.98. The van der Waals surface area contributed by atoms with E-state index < -0.39 is 7.77 Å². The fraction of sp³-hybridized carbons (Fsp3) is 0.182. The van der Waals surface area contributed by atoms with E-state index in [-0.39, 0.29) is 0 Å². The van der Waals surface area contributed by atoms with E-state index in [1.54, 1.807) is 5.82 Å².